The number of nitrogens with zero attached hydrogens (tertiary/aromatic N) is 5. The Morgan fingerprint density at radius 3 is 2.79 bits per heavy atom. The zero-order valence-electron chi connectivity index (χ0n) is 16.2. The summed E-state index contributed by atoms with van der Waals surface area (Å²) in [5.41, 5.74) is 0.965. The third-order valence-corrected chi connectivity index (χ3v) is 5.74. The van der Waals surface area contributed by atoms with Crippen molar-refractivity contribution >= 4 is 11.7 Å². The topological polar surface area (TPSA) is 89.1 Å². The molecule has 1 N–H and O–H groups in total. The van der Waals surface area contributed by atoms with Crippen LogP contribution >= 0.6 is 0 Å². The molecule has 1 fully saturated rings. The molecule has 8 nitrogen and oxygen atoms in total. The molecular formula is C18H23F3N6O2. The molecule has 11 heteroatoms. The number of piperidine rings is 1. The Hall–Kier alpha value is -2.59. The molecular weight excluding hydrogens is 389 g/mol. The van der Waals surface area contributed by atoms with Gasteiger partial charge in [0, 0.05) is 18.7 Å². The summed E-state index contributed by atoms with van der Waals surface area (Å²) >= 11 is 0. The lowest BCUT2D eigenvalue weighted by molar-refractivity contribution is -0.173. The number of carbonyl (C=O) groups excluding carboxylic acids is 1. The van der Waals surface area contributed by atoms with Gasteiger partial charge >= 0.3 is 6.18 Å². The maximum Gasteiger partial charge on any atom is 0.410 e. The first-order chi connectivity index (χ1) is 13.8. The van der Waals surface area contributed by atoms with Crippen LogP contribution in [0.2, 0.25) is 0 Å². The fourth-order valence-electron chi connectivity index (χ4n) is 4.14. The van der Waals surface area contributed by atoms with E-state index in [4.69, 9.17) is 0 Å². The molecule has 158 valence electrons. The van der Waals surface area contributed by atoms with Crippen LogP contribution in [0.5, 0.6) is 0 Å². The predicted molar refractivity (Wildman–Crippen MR) is 96.3 cm³/mol. The SMILES string of the molecule is CC[C@@H]1C[C@H](C(F)(F)F)n2nc(C3CCCCN3C(=O)c3nonc3C)cc2N1. The van der Waals surface area contributed by atoms with Gasteiger partial charge in [0.15, 0.2) is 11.7 Å². The fraction of sp³-hybridized carbons (Fsp3) is 0.667. The van der Waals surface area contributed by atoms with E-state index in [0.717, 1.165) is 17.5 Å². The second kappa shape index (κ2) is 7.34. The molecule has 2 aliphatic heterocycles. The van der Waals surface area contributed by atoms with Gasteiger partial charge in [-0.05, 0) is 44.2 Å². The monoisotopic (exact) mass is 412 g/mol. The van der Waals surface area contributed by atoms with Crippen LogP contribution in [0, 0.1) is 6.92 Å². The summed E-state index contributed by atoms with van der Waals surface area (Å²) in [4.78, 5) is 14.6. The van der Waals surface area contributed by atoms with Gasteiger partial charge in [0.25, 0.3) is 5.91 Å². The Balaban J connectivity index is 1.68. The molecule has 0 aliphatic carbocycles. The average Bonchev–Trinajstić information content (AvgIpc) is 3.31. The van der Waals surface area contributed by atoms with Crippen molar-refractivity contribution in [3.8, 4) is 0 Å². The van der Waals surface area contributed by atoms with Crippen LogP contribution in [-0.4, -0.2) is 49.7 Å². The Morgan fingerprint density at radius 1 is 1.34 bits per heavy atom. The molecule has 4 heterocycles. The van der Waals surface area contributed by atoms with Gasteiger partial charge in [-0.1, -0.05) is 12.1 Å². The highest BCUT2D eigenvalue weighted by molar-refractivity contribution is 5.93. The normalized spacial score (nSPS) is 24.9. The molecule has 4 rings (SSSR count). The van der Waals surface area contributed by atoms with Gasteiger partial charge in [-0.25, -0.2) is 9.31 Å². The number of rotatable bonds is 3. The third-order valence-electron chi connectivity index (χ3n) is 5.74. The smallest absolute Gasteiger partial charge is 0.367 e. The number of carbonyl (C=O) groups is 1. The van der Waals surface area contributed by atoms with Crippen LogP contribution in [0.25, 0.3) is 0 Å². The van der Waals surface area contributed by atoms with Gasteiger partial charge < -0.3 is 10.2 Å². The first-order valence-electron chi connectivity index (χ1n) is 9.82. The van der Waals surface area contributed by atoms with Gasteiger partial charge in [-0.2, -0.15) is 18.3 Å². The number of halogens is 3. The Morgan fingerprint density at radius 2 is 2.14 bits per heavy atom. The standard InChI is InChI=1S/C18H23F3N6O2/c1-3-11-8-14(18(19,20)21)27-15(22-11)9-12(23-27)13-6-4-5-7-26(13)17(28)16-10(2)24-29-25-16/h9,11,13-14,22H,3-8H2,1-2H3/t11-,13?,14-/m1/s1. The minimum atomic E-state index is -4.39. The Bertz CT molecular complexity index is 893. The molecule has 0 bridgehead atoms. The number of alkyl halides is 3. The van der Waals surface area contributed by atoms with Gasteiger partial charge in [-0.3, -0.25) is 4.79 Å². The summed E-state index contributed by atoms with van der Waals surface area (Å²) < 4.78 is 46.6. The zero-order chi connectivity index (χ0) is 20.8. The van der Waals surface area contributed by atoms with Crippen LogP contribution in [-0.2, 0) is 0 Å². The summed E-state index contributed by atoms with van der Waals surface area (Å²) in [5.74, 6) is 0.00358. The number of hydrogen-bond acceptors (Lipinski definition) is 6. The maximum atomic E-state index is 13.6. The molecule has 0 spiro atoms. The van der Waals surface area contributed by atoms with E-state index in [1.807, 2.05) is 6.92 Å². The van der Waals surface area contributed by atoms with E-state index in [-0.39, 0.29) is 24.1 Å². The zero-order valence-corrected chi connectivity index (χ0v) is 16.2. The van der Waals surface area contributed by atoms with E-state index in [1.54, 1.807) is 17.9 Å². The van der Waals surface area contributed by atoms with Crippen molar-refractivity contribution in [2.75, 3.05) is 11.9 Å². The number of hydrogen-bond donors (Lipinski definition) is 1. The highest BCUT2D eigenvalue weighted by atomic mass is 19.4. The summed E-state index contributed by atoms with van der Waals surface area (Å²) in [6.07, 6.45) is -1.58. The van der Waals surface area contributed by atoms with Crippen LogP contribution < -0.4 is 5.32 Å². The van der Waals surface area contributed by atoms with Crippen LogP contribution in [0.4, 0.5) is 19.0 Å². The van der Waals surface area contributed by atoms with E-state index in [1.165, 1.54) is 0 Å². The van der Waals surface area contributed by atoms with Crippen LogP contribution in [0.1, 0.15) is 73.0 Å². The lowest BCUT2D eigenvalue weighted by atomic mass is 9.98. The summed E-state index contributed by atoms with van der Waals surface area (Å²) in [6.45, 7) is 3.96. The molecule has 0 saturated carbocycles. The fourth-order valence-corrected chi connectivity index (χ4v) is 4.14. The van der Waals surface area contributed by atoms with E-state index in [9.17, 15) is 18.0 Å². The van der Waals surface area contributed by atoms with Crippen LogP contribution in [0.15, 0.2) is 10.7 Å². The van der Waals surface area contributed by atoms with Crippen LogP contribution in [0.3, 0.4) is 0 Å². The molecule has 2 aromatic heterocycles. The molecule has 2 aromatic rings. The quantitative estimate of drug-likeness (QED) is 0.828. The highest BCUT2D eigenvalue weighted by Crippen LogP contribution is 2.42. The van der Waals surface area contributed by atoms with Gasteiger partial charge in [0.2, 0.25) is 0 Å². The largest absolute Gasteiger partial charge is 0.410 e. The molecule has 0 radical (unpaired) electrons. The van der Waals surface area contributed by atoms with Crippen molar-refractivity contribution in [3.05, 3.63) is 23.1 Å². The average molecular weight is 412 g/mol. The van der Waals surface area contributed by atoms with Crippen molar-refractivity contribution in [3.63, 3.8) is 0 Å². The van der Waals surface area contributed by atoms with E-state index < -0.39 is 18.3 Å². The second-order valence-electron chi connectivity index (χ2n) is 7.65. The van der Waals surface area contributed by atoms with Crippen molar-refractivity contribution < 1.29 is 22.6 Å². The van der Waals surface area contributed by atoms with Crippen molar-refractivity contribution in [1.29, 1.82) is 0 Å². The Kier molecular flexibility index (Phi) is 4.99. The molecule has 0 aromatic carbocycles. The van der Waals surface area contributed by atoms with E-state index in [0.29, 0.717) is 36.6 Å². The summed E-state index contributed by atoms with van der Waals surface area (Å²) in [6, 6.07) is -0.718. The molecule has 1 amide bonds. The predicted octanol–water partition coefficient (Wildman–Crippen LogP) is 3.64. The van der Waals surface area contributed by atoms with Crippen molar-refractivity contribution in [1.82, 2.24) is 25.0 Å². The van der Waals surface area contributed by atoms with Gasteiger partial charge in [-0.15, -0.1) is 0 Å². The number of fused-ring (bicyclic) bond motifs is 1. The minimum absolute atomic E-state index is 0.0643. The number of likely N-dealkylation sites (tertiary alicyclic amines) is 1. The summed E-state index contributed by atoms with van der Waals surface area (Å²) in [7, 11) is 0. The lowest BCUT2D eigenvalue weighted by Crippen LogP contribution is -2.40. The number of aryl methyl sites for hydroxylation is 1. The van der Waals surface area contributed by atoms with Gasteiger partial charge in [0.1, 0.15) is 11.5 Å². The summed E-state index contributed by atoms with van der Waals surface area (Å²) in [5, 5.41) is 14.8. The second-order valence-corrected chi connectivity index (χ2v) is 7.65. The molecule has 1 saturated heterocycles. The maximum absolute atomic E-state index is 13.6. The first kappa shape index (κ1) is 19.7. The number of anilines is 1. The van der Waals surface area contributed by atoms with Crippen molar-refractivity contribution in [2.24, 2.45) is 0 Å². The van der Waals surface area contributed by atoms with Gasteiger partial charge in [0.05, 0.1) is 11.7 Å². The number of aromatic nitrogens is 4. The van der Waals surface area contributed by atoms with Crippen molar-refractivity contribution in [2.45, 2.75) is 70.3 Å². The molecule has 29 heavy (non-hydrogen) atoms. The molecule has 1 unspecified atom stereocenters. The lowest BCUT2D eigenvalue weighted by Gasteiger charge is -2.34. The molecule has 2 aliphatic rings. The number of nitrogens with one attached hydrogen (secondary N) is 1. The molecule has 3 atom stereocenters. The number of amides is 1. The Labute approximate surface area is 165 Å². The van der Waals surface area contributed by atoms with E-state index >= 15 is 0 Å². The minimum Gasteiger partial charge on any atom is -0.367 e. The third kappa shape index (κ3) is 3.58. The first-order valence-corrected chi connectivity index (χ1v) is 9.82. The highest BCUT2D eigenvalue weighted by Gasteiger charge is 2.46. The van der Waals surface area contributed by atoms with E-state index in [2.05, 4.69) is 25.4 Å².